The number of anilines is 3. The average Bonchev–Trinajstić information content (AvgIpc) is 3.79. The zero-order valence-electron chi connectivity index (χ0n) is 32.8. The van der Waals surface area contributed by atoms with Crippen LogP contribution in [0, 0.1) is 0 Å². The van der Waals surface area contributed by atoms with Crippen LogP contribution in [0.4, 0.5) is 17.1 Å². The van der Waals surface area contributed by atoms with Crippen LogP contribution in [-0.4, -0.2) is 4.98 Å². The van der Waals surface area contributed by atoms with Gasteiger partial charge in [-0.15, -0.1) is 0 Å². The fraction of sp³-hybridized carbons (Fsp3) is 0.0172. The van der Waals surface area contributed by atoms with Gasteiger partial charge in [-0.25, -0.2) is 0 Å². The topological polar surface area (TPSA) is 16.1 Å². The summed E-state index contributed by atoms with van der Waals surface area (Å²) in [6.45, 7) is 0. The Morgan fingerprint density at radius 2 is 0.850 bits per heavy atom. The fourth-order valence-corrected chi connectivity index (χ4v) is 10.1. The van der Waals surface area contributed by atoms with E-state index in [1.807, 2.05) is 18.5 Å². The van der Waals surface area contributed by atoms with E-state index in [1.165, 1.54) is 83.1 Å². The molecule has 2 heteroatoms. The molecular weight excluding hydrogens is 725 g/mol. The smallest absolute Gasteiger partial charge is 0.0726 e. The number of hydrogen-bond acceptors (Lipinski definition) is 2. The summed E-state index contributed by atoms with van der Waals surface area (Å²) < 4.78 is 0. The monoisotopic (exact) mass is 762 g/mol. The van der Waals surface area contributed by atoms with Gasteiger partial charge in [-0.1, -0.05) is 164 Å². The Labute approximate surface area is 350 Å². The van der Waals surface area contributed by atoms with Crippen LogP contribution in [-0.2, 0) is 5.41 Å². The van der Waals surface area contributed by atoms with E-state index in [1.54, 1.807) is 0 Å². The van der Waals surface area contributed by atoms with Gasteiger partial charge in [0.1, 0.15) is 0 Å². The normalized spacial score (nSPS) is 14.4. The maximum atomic E-state index is 4.57. The number of pyridine rings is 1. The summed E-state index contributed by atoms with van der Waals surface area (Å²) in [6.07, 6.45) is 3.85. The minimum atomic E-state index is -0.547. The highest BCUT2D eigenvalue weighted by Gasteiger charge is 2.52. The summed E-state index contributed by atoms with van der Waals surface area (Å²) >= 11 is 0. The number of rotatable bonds is 6. The van der Waals surface area contributed by atoms with Crippen LogP contribution < -0.4 is 4.90 Å². The Balaban J connectivity index is 1.11. The van der Waals surface area contributed by atoms with E-state index in [0.717, 1.165) is 22.6 Å². The molecule has 0 saturated heterocycles. The molecule has 0 amide bonds. The zero-order valence-corrected chi connectivity index (χ0v) is 32.8. The summed E-state index contributed by atoms with van der Waals surface area (Å²) in [7, 11) is 0. The van der Waals surface area contributed by atoms with Crippen molar-refractivity contribution in [2.75, 3.05) is 4.90 Å². The van der Waals surface area contributed by atoms with Gasteiger partial charge in [0.05, 0.1) is 5.41 Å². The highest BCUT2D eigenvalue weighted by Crippen LogP contribution is 2.65. The average molecular weight is 763 g/mol. The number of benzene rings is 9. The first kappa shape index (κ1) is 34.3. The molecule has 0 bridgehead atoms. The maximum Gasteiger partial charge on any atom is 0.0726 e. The first-order valence-electron chi connectivity index (χ1n) is 20.7. The third kappa shape index (κ3) is 5.17. The molecule has 10 aromatic rings. The number of fused-ring (bicyclic) bond motifs is 11. The van der Waals surface area contributed by atoms with Gasteiger partial charge >= 0.3 is 0 Å². The lowest BCUT2D eigenvalue weighted by molar-refractivity contribution is 0.795. The second kappa shape index (κ2) is 13.7. The highest BCUT2D eigenvalue weighted by molar-refractivity contribution is 6.03. The molecule has 2 aliphatic carbocycles. The molecule has 280 valence electrons. The summed E-state index contributed by atoms with van der Waals surface area (Å²) in [5, 5.41) is 2.49. The molecule has 12 rings (SSSR count). The van der Waals surface area contributed by atoms with Crippen LogP contribution in [0.15, 0.2) is 231 Å². The van der Waals surface area contributed by atoms with Gasteiger partial charge in [0.15, 0.2) is 0 Å². The van der Waals surface area contributed by atoms with Gasteiger partial charge in [-0.2, -0.15) is 0 Å². The van der Waals surface area contributed by atoms with E-state index in [9.17, 15) is 0 Å². The molecule has 1 atom stereocenters. The SMILES string of the molecule is c1ccc(-c2ccc(N(c3ccc(-c4ccccc4)cc3)c3ccc4c(c3)C3(c5cc6ccccc6cc5-4)c4ccccc4-c4c(-c5cccnc5)cccc43)cc2)cc1. The maximum absolute atomic E-state index is 4.57. The van der Waals surface area contributed by atoms with Gasteiger partial charge in [0, 0.05) is 35.0 Å². The standard InChI is InChI=1S/C58H38N2/c1-3-13-39(14-4-1)41-24-28-46(29-25-41)60(47-30-26-42(27-31-47)40-15-5-2-6-16-40)48-32-33-50-52-35-43-17-7-8-18-44(43)36-55(52)58(56(50)37-48)53-22-10-9-20-51(53)57-49(21-11-23-54(57)58)45-19-12-34-59-38-45/h1-38H. The van der Waals surface area contributed by atoms with Crippen molar-refractivity contribution in [2.24, 2.45) is 0 Å². The Morgan fingerprint density at radius 1 is 0.317 bits per heavy atom. The molecule has 0 saturated carbocycles. The number of aromatic nitrogens is 1. The van der Waals surface area contributed by atoms with Crippen LogP contribution >= 0.6 is 0 Å². The van der Waals surface area contributed by atoms with Crippen LogP contribution in [0.2, 0.25) is 0 Å². The molecule has 2 aliphatic rings. The van der Waals surface area contributed by atoms with E-state index in [2.05, 4.69) is 222 Å². The Hall–Kier alpha value is -7.81. The lowest BCUT2D eigenvalue weighted by Crippen LogP contribution is -2.26. The lowest BCUT2D eigenvalue weighted by atomic mass is 9.70. The first-order chi connectivity index (χ1) is 29.8. The Kier molecular flexibility index (Phi) is 7.79. The van der Waals surface area contributed by atoms with Crippen molar-refractivity contribution in [1.29, 1.82) is 0 Å². The Bertz CT molecular complexity index is 3140. The van der Waals surface area contributed by atoms with Crippen molar-refractivity contribution in [3.8, 4) is 55.6 Å². The molecule has 0 aliphatic heterocycles. The van der Waals surface area contributed by atoms with Gasteiger partial charge in [-0.3, -0.25) is 4.98 Å². The van der Waals surface area contributed by atoms with Crippen LogP contribution in [0.3, 0.4) is 0 Å². The Morgan fingerprint density at radius 3 is 1.52 bits per heavy atom. The quantitative estimate of drug-likeness (QED) is 0.168. The van der Waals surface area contributed by atoms with Crippen LogP contribution in [0.25, 0.3) is 66.4 Å². The summed E-state index contributed by atoms with van der Waals surface area (Å²) in [5.74, 6) is 0. The molecule has 2 nitrogen and oxygen atoms in total. The second-order valence-corrected chi connectivity index (χ2v) is 15.9. The molecule has 0 fully saturated rings. The van der Waals surface area contributed by atoms with Crippen LogP contribution in [0.1, 0.15) is 22.3 Å². The van der Waals surface area contributed by atoms with E-state index >= 15 is 0 Å². The fourth-order valence-electron chi connectivity index (χ4n) is 10.1. The van der Waals surface area contributed by atoms with Crippen molar-refractivity contribution in [3.05, 3.63) is 253 Å². The van der Waals surface area contributed by atoms with E-state index in [-0.39, 0.29) is 0 Å². The lowest BCUT2D eigenvalue weighted by Gasteiger charge is -2.32. The molecule has 1 spiro atoms. The van der Waals surface area contributed by atoms with E-state index < -0.39 is 5.41 Å². The minimum absolute atomic E-state index is 0.547. The molecule has 1 heterocycles. The third-order valence-corrected chi connectivity index (χ3v) is 12.8. The van der Waals surface area contributed by atoms with Gasteiger partial charge in [0.25, 0.3) is 0 Å². The first-order valence-corrected chi connectivity index (χ1v) is 20.7. The molecular formula is C58H38N2. The van der Waals surface area contributed by atoms with Crippen molar-refractivity contribution >= 4 is 27.8 Å². The summed E-state index contributed by atoms with van der Waals surface area (Å²) in [6, 6.07) is 80.3. The number of hydrogen-bond donors (Lipinski definition) is 0. The van der Waals surface area contributed by atoms with Crippen LogP contribution in [0.5, 0.6) is 0 Å². The number of nitrogens with zero attached hydrogens (tertiary/aromatic N) is 2. The van der Waals surface area contributed by atoms with Crippen molar-refractivity contribution in [2.45, 2.75) is 5.41 Å². The minimum Gasteiger partial charge on any atom is -0.310 e. The molecule has 1 aromatic heterocycles. The second-order valence-electron chi connectivity index (χ2n) is 15.9. The third-order valence-electron chi connectivity index (χ3n) is 12.8. The van der Waals surface area contributed by atoms with E-state index in [4.69, 9.17) is 0 Å². The summed E-state index contributed by atoms with van der Waals surface area (Å²) in [5.41, 5.74) is 20.2. The van der Waals surface area contributed by atoms with Crippen molar-refractivity contribution in [1.82, 2.24) is 4.98 Å². The van der Waals surface area contributed by atoms with Gasteiger partial charge < -0.3 is 4.90 Å². The van der Waals surface area contributed by atoms with E-state index in [0.29, 0.717) is 0 Å². The molecule has 9 aromatic carbocycles. The van der Waals surface area contributed by atoms with Gasteiger partial charge in [-0.05, 0) is 138 Å². The summed E-state index contributed by atoms with van der Waals surface area (Å²) in [4.78, 5) is 6.99. The van der Waals surface area contributed by atoms with Crippen molar-refractivity contribution in [3.63, 3.8) is 0 Å². The molecule has 0 radical (unpaired) electrons. The largest absolute Gasteiger partial charge is 0.310 e. The molecule has 60 heavy (non-hydrogen) atoms. The predicted molar refractivity (Wildman–Crippen MR) is 249 cm³/mol. The van der Waals surface area contributed by atoms with Gasteiger partial charge in [0.2, 0.25) is 0 Å². The zero-order chi connectivity index (χ0) is 39.6. The predicted octanol–water partition coefficient (Wildman–Crippen LogP) is 15.0. The van der Waals surface area contributed by atoms with Crippen molar-refractivity contribution < 1.29 is 0 Å². The molecule has 1 unspecified atom stereocenters. The molecule has 0 N–H and O–H groups in total. The highest BCUT2D eigenvalue weighted by atomic mass is 15.1.